The zero-order chi connectivity index (χ0) is 20.4. The number of ether oxygens (including phenoxy) is 2. The second-order valence-electron chi connectivity index (χ2n) is 8.25. The van der Waals surface area contributed by atoms with Gasteiger partial charge >= 0.3 is 0 Å². The number of amides is 1. The number of piperidine rings is 2. The smallest absolute Gasteiger partial charge is 0.253 e. The molecule has 0 aliphatic carbocycles. The highest BCUT2D eigenvalue weighted by Gasteiger charge is 2.34. The molecule has 2 atom stereocenters. The molecule has 29 heavy (non-hydrogen) atoms. The van der Waals surface area contributed by atoms with Crippen molar-refractivity contribution in [3.8, 4) is 0 Å². The van der Waals surface area contributed by atoms with Crippen molar-refractivity contribution in [2.24, 2.45) is 5.92 Å². The summed E-state index contributed by atoms with van der Waals surface area (Å²) in [5, 5.41) is 0. The molecule has 0 radical (unpaired) electrons. The van der Waals surface area contributed by atoms with Gasteiger partial charge in [-0.25, -0.2) is 8.42 Å². The van der Waals surface area contributed by atoms with Crippen molar-refractivity contribution in [3.05, 3.63) is 29.8 Å². The Labute approximate surface area is 173 Å². The van der Waals surface area contributed by atoms with Crippen LogP contribution in [0.15, 0.2) is 29.2 Å². The molecule has 8 heteroatoms. The van der Waals surface area contributed by atoms with Gasteiger partial charge in [-0.15, -0.1) is 0 Å². The Morgan fingerprint density at radius 2 is 1.72 bits per heavy atom. The lowest BCUT2D eigenvalue weighted by Crippen LogP contribution is -2.44. The summed E-state index contributed by atoms with van der Waals surface area (Å²) < 4.78 is 38.8. The molecule has 0 saturated carbocycles. The van der Waals surface area contributed by atoms with Crippen molar-refractivity contribution >= 4 is 15.9 Å². The van der Waals surface area contributed by atoms with Gasteiger partial charge in [0.2, 0.25) is 10.0 Å². The van der Waals surface area contributed by atoms with E-state index in [1.54, 1.807) is 28.6 Å². The third-order valence-electron chi connectivity index (χ3n) is 6.23. The highest BCUT2D eigenvalue weighted by Crippen LogP contribution is 2.27. The van der Waals surface area contributed by atoms with Gasteiger partial charge < -0.3 is 14.4 Å². The van der Waals surface area contributed by atoms with Gasteiger partial charge in [0, 0.05) is 37.2 Å². The second kappa shape index (κ2) is 8.71. The van der Waals surface area contributed by atoms with Crippen LogP contribution < -0.4 is 0 Å². The number of carbonyl (C=O) groups excluding carboxylic acids is 1. The Morgan fingerprint density at radius 1 is 1.00 bits per heavy atom. The molecular formula is C21H30N2O5S. The number of nitrogens with zero attached hydrogens (tertiary/aromatic N) is 2. The predicted octanol–water partition coefficient (Wildman–Crippen LogP) is 2.47. The molecule has 0 spiro atoms. The molecule has 160 valence electrons. The summed E-state index contributed by atoms with van der Waals surface area (Å²) in [4.78, 5) is 15.0. The van der Waals surface area contributed by atoms with Crippen LogP contribution in [-0.2, 0) is 19.5 Å². The minimum Gasteiger partial charge on any atom is -0.350 e. The lowest BCUT2D eigenvalue weighted by molar-refractivity contribution is -0.0969. The van der Waals surface area contributed by atoms with Gasteiger partial charge in [0.1, 0.15) is 0 Å². The summed E-state index contributed by atoms with van der Waals surface area (Å²) >= 11 is 0. The third kappa shape index (κ3) is 4.35. The Hall–Kier alpha value is -1.48. The predicted molar refractivity (Wildman–Crippen MR) is 108 cm³/mol. The first-order chi connectivity index (χ1) is 14.0. The van der Waals surface area contributed by atoms with Crippen LogP contribution in [0.25, 0.3) is 0 Å². The number of likely N-dealkylation sites (tertiary alicyclic amines) is 1. The topological polar surface area (TPSA) is 76.2 Å². The van der Waals surface area contributed by atoms with E-state index in [2.05, 4.69) is 0 Å². The Bertz CT molecular complexity index is 820. The van der Waals surface area contributed by atoms with Gasteiger partial charge in [-0.3, -0.25) is 4.79 Å². The number of hydrogen-bond acceptors (Lipinski definition) is 5. The zero-order valence-electron chi connectivity index (χ0n) is 17.0. The van der Waals surface area contributed by atoms with E-state index in [0.29, 0.717) is 38.4 Å². The summed E-state index contributed by atoms with van der Waals surface area (Å²) in [6.45, 7) is 5.05. The molecule has 0 bridgehead atoms. The Kier molecular flexibility index (Phi) is 6.24. The Morgan fingerprint density at radius 3 is 2.41 bits per heavy atom. The molecular weight excluding hydrogens is 392 g/mol. The second-order valence-corrected chi connectivity index (χ2v) is 10.1. The van der Waals surface area contributed by atoms with Gasteiger partial charge in [0.15, 0.2) is 6.29 Å². The lowest BCUT2D eigenvalue weighted by Gasteiger charge is -2.35. The molecule has 3 saturated heterocycles. The third-order valence-corrected chi connectivity index (χ3v) is 8.26. The van der Waals surface area contributed by atoms with E-state index in [1.807, 2.05) is 11.8 Å². The maximum atomic E-state index is 13.0. The average molecular weight is 423 g/mol. The maximum absolute atomic E-state index is 13.0. The molecule has 1 amide bonds. The molecule has 3 heterocycles. The highest BCUT2D eigenvalue weighted by atomic mass is 32.2. The number of benzene rings is 1. The van der Waals surface area contributed by atoms with Crippen LogP contribution in [0.3, 0.4) is 0 Å². The van der Waals surface area contributed by atoms with Gasteiger partial charge in [-0.2, -0.15) is 4.31 Å². The molecule has 3 aliphatic rings. The minimum absolute atomic E-state index is 0.0142. The first-order valence-corrected chi connectivity index (χ1v) is 12.1. The van der Waals surface area contributed by atoms with E-state index >= 15 is 0 Å². The van der Waals surface area contributed by atoms with E-state index in [9.17, 15) is 13.2 Å². The summed E-state index contributed by atoms with van der Waals surface area (Å²) in [6, 6.07) is 6.41. The first-order valence-electron chi connectivity index (χ1n) is 10.6. The molecule has 1 aromatic carbocycles. The summed E-state index contributed by atoms with van der Waals surface area (Å²) in [5.41, 5.74) is 0.518. The van der Waals surface area contributed by atoms with Crippen LogP contribution in [0.1, 0.15) is 49.4 Å². The molecule has 4 rings (SSSR count). The first kappa shape index (κ1) is 20.8. The van der Waals surface area contributed by atoms with E-state index < -0.39 is 10.0 Å². The molecule has 1 aromatic rings. The maximum Gasteiger partial charge on any atom is 0.253 e. The summed E-state index contributed by atoms with van der Waals surface area (Å²) in [7, 11) is -3.52. The standard InChI is InChI=1S/C21H30N2O5S/c1-16-5-2-3-12-23(16)29(25,26)19-9-7-17(8-10-19)20(24)22-11-4-6-18(15-22)21-27-13-14-28-21/h7-10,16,18,21H,2-6,11-15H2,1H3. The molecule has 0 N–H and O–H groups in total. The summed E-state index contributed by atoms with van der Waals surface area (Å²) in [5.74, 6) is 0.124. The van der Waals surface area contributed by atoms with Crippen LogP contribution in [0.5, 0.6) is 0 Å². The Balaban J connectivity index is 1.45. The van der Waals surface area contributed by atoms with Crippen molar-refractivity contribution in [2.45, 2.75) is 56.3 Å². The normalized spacial score (nSPS) is 27.3. The number of hydrogen-bond donors (Lipinski definition) is 0. The largest absolute Gasteiger partial charge is 0.350 e. The number of carbonyl (C=O) groups is 1. The van der Waals surface area contributed by atoms with E-state index in [1.165, 1.54) is 0 Å². The lowest BCUT2D eigenvalue weighted by atomic mass is 9.96. The quantitative estimate of drug-likeness (QED) is 0.745. The zero-order valence-corrected chi connectivity index (χ0v) is 17.8. The fourth-order valence-electron chi connectivity index (χ4n) is 4.58. The number of sulfonamides is 1. The van der Waals surface area contributed by atoms with Crippen LogP contribution in [0, 0.1) is 5.92 Å². The van der Waals surface area contributed by atoms with E-state index in [0.717, 1.165) is 32.1 Å². The van der Waals surface area contributed by atoms with Crippen molar-refractivity contribution in [2.75, 3.05) is 32.8 Å². The molecule has 2 unspecified atom stereocenters. The van der Waals surface area contributed by atoms with Crippen LogP contribution >= 0.6 is 0 Å². The van der Waals surface area contributed by atoms with Crippen LogP contribution in [0.2, 0.25) is 0 Å². The fourth-order valence-corrected chi connectivity index (χ4v) is 6.28. The van der Waals surface area contributed by atoms with Crippen molar-refractivity contribution in [3.63, 3.8) is 0 Å². The van der Waals surface area contributed by atoms with Crippen LogP contribution in [-0.4, -0.2) is 68.7 Å². The summed E-state index contributed by atoms with van der Waals surface area (Å²) in [6.07, 6.45) is 4.53. The molecule has 0 aromatic heterocycles. The van der Waals surface area contributed by atoms with Gasteiger partial charge in [0.25, 0.3) is 5.91 Å². The van der Waals surface area contributed by atoms with Gasteiger partial charge in [-0.05, 0) is 56.9 Å². The van der Waals surface area contributed by atoms with Crippen molar-refractivity contribution in [1.82, 2.24) is 9.21 Å². The van der Waals surface area contributed by atoms with Crippen LogP contribution in [0.4, 0.5) is 0 Å². The number of rotatable bonds is 4. The molecule has 7 nitrogen and oxygen atoms in total. The fraction of sp³-hybridized carbons (Fsp3) is 0.667. The van der Waals surface area contributed by atoms with Crippen molar-refractivity contribution < 1.29 is 22.7 Å². The van der Waals surface area contributed by atoms with Crippen molar-refractivity contribution in [1.29, 1.82) is 0 Å². The van der Waals surface area contributed by atoms with E-state index in [-0.39, 0.29) is 29.1 Å². The van der Waals surface area contributed by atoms with Gasteiger partial charge in [0.05, 0.1) is 18.1 Å². The van der Waals surface area contributed by atoms with Gasteiger partial charge in [-0.1, -0.05) is 6.42 Å². The minimum atomic E-state index is -3.52. The highest BCUT2D eigenvalue weighted by molar-refractivity contribution is 7.89. The molecule has 3 fully saturated rings. The molecule has 3 aliphatic heterocycles. The SMILES string of the molecule is CC1CCCCN1S(=O)(=O)c1ccc(C(=O)N2CCCC(C3OCCO3)C2)cc1. The monoisotopic (exact) mass is 422 g/mol. The average Bonchev–Trinajstić information content (AvgIpc) is 3.29. The van der Waals surface area contributed by atoms with E-state index in [4.69, 9.17) is 9.47 Å².